The third kappa shape index (κ3) is 8.56. The van der Waals surface area contributed by atoms with E-state index in [1.807, 2.05) is 55.1 Å². The van der Waals surface area contributed by atoms with E-state index in [1.54, 1.807) is 45.0 Å². The van der Waals surface area contributed by atoms with Gasteiger partial charge in [0.05, 0.1) is 28.2 Å². The van der Waals surface area contributed by atoms with Crippen LogP contribution in [0.2, 0.25) is 0 Å². The second kappa shape index (κ2) is 14.5. The Labute approximate surface area is 268 Å². The van der Waals surface area contributed by atoms with Gasteiger partial charge in [0, 0.05) is 39.5 Å². The fourth-order valence-corrected chi connectivity index (χ4v) is 5.50. The third-order valence-corrected chi connectivity index (χ3v) is 7.38. The Morgan fingerprint density at radius 1 is 0.956 bits per heavy atom. The van der Waals surface area contributed by atoms with E-state index in [4.69, 9.17) is 4.74 Å². The molecule has 242 valence electrons. The molecule has 1 aromatic heterocycles. The van der Waals surface area contributed by atoms with E-state index in [-0.39, 0.29) is 37.7 Å². The molecule has 2 aliphatic rings. The van der Waals surface area contributed by atoms with Crippen LogP contribution in [0.4, 0.5) is 4.79 Å². The lowest BCUT2D eigenvalue weighted by Gasteiger charge is -2.26. The molecule has 45 heavy (non-hydrogen) atoms. The summed E-state index contributed by atoms with van der Waals surface area (Å²) in [6.07, 6.45) is 1.75. The van der Waals surface area contributed by atoms with Crippen molar-refractivity contribution in [1.29, 1.82) is 0 Å². The Morgan fingerprint density at radius 3 is 2.11 bits per heavy atom. The Kier molecular flexibility index (Phi) is 11.3. The number of aliphatic hydroxyl groups excluding tert-OH is 1. The summed E-state index contributed by atoms with van der Waals surface area (Å²) < 4.78 is 7.13. The van der Waals surface area contributed by atoms with Crippen molar-refractivity contribution >= 4 is 29.1 Å². The molecule has 5 rings (SSSR count). The van der Waals surface area contributed by atoms with Crippen LogP contribution in [0.15, 0.2) is 71.3 Å². The maximum absolute atomic E-state index is 12.6. The molecule has 0 spiro atoms. The second-order valence-corrected chi connectivity index (χ2v) is 12.7. The summed E-state index contributed by atoms with van der Waals surface area (Å²) in [5, 5.41) is 20.5. The van der Waals surface area contributed by atoms with E-state index < -0.39 is 11.7 Å². The number of aromatic nitrogens is 2. The van der Waals surface area contributed by atoms with Crippen molar-refractivity contribution in [3.05, 3.63) is 83.1 Å². The number of benzene rings is 2. The van der Waals surface area contributed by atoms with Gasteiger partial charge in [0.25, 0.3) is 0 Å². The number of aliphatic hydroxyl groups is 1. The summed E-state index contributed by atoms with van der Waals surface area (Å²) in [7, 11) is 3.39. The number of hydrazone groups is 1. The van der Waals surface area contributed by atoms with E-state index in [0.717, 1.165) is 33.9 Å². The van der Waals surface area contributed by atoms with Crippen LogP contribution in [0.25, 0.3) is 17.0 Å². The smallest absolute Gasteiger partial charge is 0.430 e. The minimum Gasteiger partial charge on any atom is -0.506 e. The number of allylic oxidation sites excluding steroid dienone is 1. The Bertz CT molecular complexity index is 1590. The topological polar surface area (TPSA) is 114 Å². The number of ketones is 2. The highest BCUT2D eigenvalue weighted by Crippen LogP contribution is 2.33. The average molecular weight is 618 g/mol. The van der Waals surface area contributed by atoms with Crippen molar-refractivity contribution in [2.75, 3.05) is 7.05 Å². The molecule has 2 unspecified atom stereocenters. The summed E-state index contributed by atoms with van der Waals surface area (Å²) in [5.41, 5.74) is 4.28. The molecule has 9 heteroatoms. The van der Waals surface area contributed by atoms with Gasteiger partial charge < -0.3 is 9.84 Å². The highest BCUT2D eigenvalue weighted by atomic mass is 16.6. The molecule has 1 saturated carbocycles. The van der Waals surface area contributed by atoms with Crippen molar-refractivity contribution in [3.8, 4) is 11.3 Å². The highest BCUT2D eigenvalue weighted by Gasteiger charge is 2.32. The number of fused-ring (bicyclic) bond motifs is 1. The van der Waals surface area contributed by atoms with Crippen LogP contribution in [0.1, 0.15) is 84.3 Å². The first-order valence-electron chi connectivity index (χ1n) is 15.0. The first-order chi connectivity index (χ1) is 20.7. The first kappa shape index (κ1) is 35.0. The lowest BCUT2D eigenvalue weighted by atomic mass is 9.83. The van der Waals surface area contributed by atoms with Crippen LogP contribution in [0.5, 0.6) is 0 Å². The molecule has 0 bridgehead atoms. The van der Waals surface area contributed by atoms with Crippen molar-refractivity contribution in [1.82, 2.24) is 14.8 Å². The maximum atomic E-state index is 12.6. The van der Waals surface area contributed by atoms with Crippen LogP contribution in [0.3, 0.4) is 0 Å². The molecule has 2 atom stereocenters. The Morgan fingerprint density at radius 2 is 1.51 bits per heavy atom. The SMILES string of the molecule is C.CC1CC(=O)C(=C(O)c2ccccc2)C(=NN(C)C(=O)OC(C)(C)C)C1.CC1CC(=O)c2c(nn(C)c2-c2ccccc2)C1.[2HH]. The first-order valence-corrected chi connectivity index (χ1v) is 15.0. The molecule has 1 N–H and O–H groups in total. The molecule has 0 aliphatic heterocycles. The van der Waals surface area contributed by atoms with Gasteiger partial charge in [-0.1, -0.05) is 81.9 Å². The standard InChI is InChI=1S/C20H26N2O4.C15H16N2O.CH4.H2/c1-13-11-15(21-22(5)19(25)26-20(2,3)4)17(16(23)12-13)18(24)14-9-7-6-8-10-14;1-10-8-12-14(13(18)9-10)15(17(2)16-12)11-6-4-3-5-7-11;;/h6-10,13,24H,11-12H2,1-5H3;3-7,10H,8-9H2,1-2H3;1H4;1H/i;;;1+1. The van der Waals surface area contributed by atoms with Crippen LogP contribution in [-0.2, 0) is 23.0 Å². The molecule has 9 nitrogen and oxygen atoms in total. The highest BCUT2D eigenvalue weighted by molar-refractivity contribution is 6.28. The second-order valence-electron chi connectivity index (χ2n) is 12.7. The molecule has 1 amide bonds. The largest absolute Gasteiger partial charge is 0.506 e. The number of carbonyl (C=O) groups excluding carboxylic acids is 3. The molecule has 1 heterocycles. The maximum Gasteiger partial charge on any atom is 0.430 e. The summed E-state index contributed by atoms with van der Waals surface area (Å²) >= 11 is 0. The van der Waals surface area contributed by atoms with Gasteiger partial charge in [-0.25, -0.2) is 9.80 Å². The molecule has 1 fully saturated rings. The van der Waals surface area contributed by atoms with Gasteiger partial charge in [-0.2, -0.15) is 10.2 Å². The zero-order valence-electron chi connectivity index (χ0n) is 26.6. The summed E-state index contributed by atoms with van der Waals surface area (Å²) in [4.78, 5) is 37.0. The number of nitrogens with zero attached hydrogens (tertiary/aromatic N) is 4. The quantitative estimate of drug-likeness (QED) is 0.181. The van der Waals surface area contributed by atoms with E-state index >= 15 is 0 Å². The molecular weight excluding hydrogens is 568 g/mol. The number of carbonyl (C=O) groups is 3. The van der Waals surface area contributed by atoms with Crippen LogP contribution >= 0.6 is 0 Å². The molecule has 3 aromatic rings. The minimum absolute atomic E-state index is 0. The zero-order valence-corrected chi connectivity index (χ0v) is 26.6. The fraction of sp³-hybridized carbons (Fsp3) is 0.417. The summed E-state index contributed by atoms with van der Waals surface area (Å²) in [6.45, 7) is 9.36. The average Bonchev–Trinajstić information content (AvgIpc) is 3.28. The summed E-state index contributed by atoms with van der Waals surface area (Å²) in [5.74, 6) is 0.431. The van der Waals surface area contributed by atoms with Crippen LogP contribution in [0, 0.1) is 11.8 Å². The number of ether oxygens (including phenoxy) is 1. The van der Waals surface area contributed by atoms with Gasteiger partial charge in [-0.3, -0.25) is 14.3 Å². The van der Waals surface area contributed by atoms with Crippen LogP contribution < -0.4 is 0 Å². The summed E-state index contributed by atoms with van der Waals surface area (Å²) in [6, 6.07) is 18.9. The molecule has 0 saturated heterocycles. The predicted octanol–water partition coefficient (Wildman–Crippen LogP) is 7.91. The number of aryl methyl sites for hydroxylation is 1. The monoisotopic (exact) mass is 617 g/mol. The van der Waals surface area contributed by atoms with Gasteiger partial charge in [0.1, 0.15) is 11.4 Å². The van der Waals surface area contributed by atoms with E-state index in [2.05, 4.69) is 17.1 Å². The van der Waals surface area contributed by atoms with Crippen LogP contribution in [-0.4, -0.2) is 55.9 Å². The van der Waals surface area contributed by atoms with Gasteiger partial charge in [-0.15, -0.1) is 0 Å². The Hall–Kier alpha value is -4.53. The predicted molar refractivity (Wildman–Crippen MR) is 180 cm³/mol. The molecule has 2 aromatic carbocycles. The lowest BCUT2D eigenvalue weighted by molar-refractivity contribution is -0.116. The van der Waals surface area contributed by atoms with Crippen molar-refractivity contribution in [3.63, 3.8) is 0 Å². The number of hydrogen-bond donors (Lipinski definition) is 1. The van der Waals surface area contributed by atoms with E-state index in [9.17, 15) is 19.5 Å². The third-order valence-electron chi connectivity index (χ3n) is 7.38. The number of rotatable bonds is 3. The van der Waals surface area contributed by atoms with Crippen molar-refractivity contribution in [2.24, 2.45) is 24.0 Å². The number of amides is 1. The molecular formula is C36H48N4O5. The normalized spacial score (nSPS) is 19.9. The minimum atomic E-state index is -0.647. The van der Waals surface area contributed by atoms with Gasteiger partial charge in [0.2, 0.25) is 0 Å². The van der Waals surface area contributed by atoms with E-state index in [0.29, 0.717) is 36.5 Å². The van der Waals surface area contributed by atoms with Crippen molar-refractivity contribution < 1.29 is 25.7 Å². The Balaban J connectivity index is 0.000000323. The molecule has 2 aliphatic carbocycles. The number of Topliss-reactive ketones (excluding diaryl/α,β-unsaturated/α-hetero) is 2. The molecule has 0 radical (unpaired) electrons. The van der Waals surface area contributed by atoms with Gasteiger partial charge in [-0.05, 0) is 45.4 Å². The fourth-order valence-electron chi connectivity index (χ4n) is 5.50. The van der Waals surface area contributed by atoms with Gasteiger partial charge in [0.15, 0.2) is 11.6 Å². The van der Waals surface area contributed by atoms with Crippen molar-refractivity contribution in [2.45, 2.75) is 73.3 Å². The lowest BCUT2D eigenvalue weighted by Crippen LogP contribution is -2.34. The number of hydrogen-bond acceptors (Lipinski definition) is 7. The zero-order chi connectivity index (χ0) is 32.2. The van der Waals surface area contributed by atoms with E-state index in [1.165, 1.54) is 7.05 Å². The van der Waals surface area contributed by atoms with Gasteiger partial charge >= 0.3 is 6.09 Å².